The maximum atomic E-state index is 5.90. The van der Waals surface area contributed by atoms with Crippen molar-refractivity contribution in [2.45, 2.75) is 19.8 Å². The van der Waals surface area contributed by atoms with Crippen LogP contribution in [0.1, 0.15) is 18.9 Å². The first kappa shape index (κ1) is 12.9. The third kappa shape index (κ3) is 3.69. The fraction of sp³-hybridized carbons (Fsp3) is 0.500. The maximum Gasteiger partial charge on any atom is 0.122 e. The highest BCUT2D eigenvalue weighted by Gasteiger charge is 2.10. The molecule has 0 fully saturated rings. The van der Waals surface area contributed by atoms with Gasteiger partial charge in [0.2, 0.25) is 0 Å². The third-order valence-electron chi connectivity index (χ3n) is 2.55. The highest BCUT2D eigenvalue weighted by Crippen LogP contribution is 2.26. The van der Waals surface area contributed by atoms with Gasteiger partial charge in [0.15, 0.2) is 0 Å². The first-order valence-corrected chi connectivity index (χ1v) is 6.42. The van der Waals surface area contributed by atoms with Crippen LogP contribution in [-0.2, 0) is 6.42 Å². The third-order valence-corrected chi connectivity index (χ3v) is 3.48. The zero-order valence-electron chi connectivity index (χ0n) is 9.09. The van der Waals surface area contributed by atoms with E-state index < -0.39 is 0 Å². The first-order valence-electron chi connectivity index (χ1n) is 5.09. The highest BCUT2D eigenvalue weighted by molar-refractivity contribution is 9.10. The molecule has 1 rings (SSSR count). The minimum atomic E-state index is 0.523. The summed E-state index contributed by atoms with van der Waals surface area (Å²) in [5.74, 6) is 2.17. The van der Waals surface area contributed by atoms with Crippen molar-refractivity contribution in [2.75, 3.05) is 13.0 Å². The van der Waals surface area contributed by atoms with Crippen molar-refractivity contribution in [2.24, 2.45) is 5.92 Å². The van der Waals surface area contributed by atoms with E-state index >= 15 is 0 Å². The molecule has 0 N–H and O–H groups in total. The summed E-state index contributed by atoms with van der Waals surface area (Å²) in [5, 5.41) is 0. The second-order valence-corrected chi connectivity index (χ2v) is 4.81. The molecule has 0 saturated carbocycles. The number of ether oxygens (including phenoxy) is 1. The number of alkyl halides is 1. The number of rotatable bonds is 5. The molecular formula is C12H16BrClO. The molecule has 0 aliphatic heterocycles. The Kier molecular flexibility index (Phi) is 5.48. The molecule has 1 aromatic carbocycles. The van der Waals surface area contributed by atoms with Crippen LogP contribution in [0.2, 0.25) is 0 Å². The van der Waals surface area contributed by atoms with Crippen molar-refractivity contribution in [1.29, 1.82) is 0 Å². The van der Waals surface area contributed by atoms with Gasteiger partial charge in [-0.25, -0.2) is 0 Å². The lowest BCUT2D eigenvalue weighted by molar-refractivity contribution is 0.405. The summed E-state index contributed by atoms with van der Waals surface area (Å²) in [6.07, 6.45) is 2.07. The predicted octanol–water partition coefficient (Wildman–Crippen LogP) is 4.27. The molecule has 1 unspecified atom stereocenters. The largest absolute Gasteiger partial charge is 0.496 e. The molecule has 1 aromatic rings. The summed E-state index contributed by atoms with van der Waals surface area (Å²) in [6.45, 7) is 2.16. The van der Waals surface area contributed by atoms with E-state index in [-0.39, 0.29) is 0 Å². The molecule has 15 heavy (non-hydrogen) atoms. The van der Waals surface area contributed by atoms with Crippen LogP contribution < -0.4 is 4.74 Å². The van der Waals surface area contributed by atoms with Crippen LogP contribution in [0.3, 0.4) is 0 Å². The summed E-state index contributed by atoms with van der Waals surface area (Å²) in [5.41, 5.74) is 1.22. The Morgan fingerprint density at radius 1 is 1.47 bits per heavy atom. The minimum Gasteiger partial charge on any atom is -0.496 e. The molecule has 0 heterocycles. The van der Waals surface area contributed by atoms with Crippen LogP contribution in [0.25, 0.3) is 0 Å². The molecular weight excluding hydrogens is 275 g/mol. The number of halogens is 2. The van der Waals surface area contributed by atoms with Crippen molar-refractivity contribution in [3.63, 3.8) is 0 Å². The second-order valence-electron chi connectivity index (χ2n) is 3.59. The molecule has 1 nitrogen and oxygen atoms in total. The summed E-state index contributed by atoms with van der Waals surface area (Å²) in [6, 6.07) is 6.08. The Morgan fingerprint density at radius 3 is 2.73 bits per heavy atom. The molecule has 3 heteroatoms. The molecule has 0 aliphatic carbocycles. The lowest BCUT2D eigenvalue weighted by atomic mass is 9.98. The van der Waals surface area contributed by atoms with E-state index in [1.165, 1.54) is 5.56 Å². The monoisotopic (exact) mass is 290 g/mol. The van der Waals surface area contributed by atoms with Crippen LogP contribution in [0, 0.1) is 5.92 Å². The topological polar surface area (TPSA) is 9.23 Å². The van der Waals surface area contributed by atoms with Crippen molar-refractivity contribution < 1.29 is 4.74 Å². The average Bonchev–Trinajstić information content (AvgIpc) is 2.26. The number of methoxy groups -OCH3 is 1. The van der Waals surface area contributed by atoms with Crippen molar-refractivity contribution >= 4 is 27.5 Å². The van der Waals surface area contributed by atoms with Gasteiger partial charge >= 0.3 is 0 Å². The summed E-state index contributed by atoms with van der Waals surface area (Å²) in [7, 11) is 1.70. The van der Waals surface area contributed by atoms with E-state index in [0.29, 0.717) is 11.8 Å². The number of hydrogen-bond donors (Lipinski definition) is 0. The Hall–Kier alpha value is -0.210. The molecule has 0 radical (unpaired) electrons. The van der Waals surface area contributed by atoms with Gasteiger partial charge in [-0.1, -0.05) is 29.3 Å². The van der Waals surface area contributed by atoms with Crippen molar-refractivity contribution in [1.82, 2.24) is 0 Å². The predicted molar refractivity (Wildman–Crippen MR) is 68.9 cm³/mol. The lowest BCUT2D eigenvalue weighted by Gasteiger charge is -2.14. The Balaban J connectivity index is 2.86. The number of hydrogen-bond acceptors (Lipinski definition) is 1. The smallest absolute Gasteiger partial charge is 0.122 e. The van der Waals surface area contributed by atoms with Gasteiger partial charge in [0, 0.05) is 10.4 Å². The van der Waals surface area contributed by atoms with Crippen molar-refractivity contribution in [3.05, 3.63) is 28.2 Å². The number of benzene rings is 1. The molecule has 0 spiro atoms. The van der Waals surface area contributed by atoms with E-state index in [0.717, 1.165) is 23.1 Å². The van der Waals surface area contributed by atoms with Gasteiger partial charge < -0.3 is 4.74 Å². The summed E-state index contributed by atoms with van der Waals surface area (Å²) >= 11 is 9.37. The van der Waals surface area contributed by atoms with Gasteiger partial charge in [-0.3, -0.25) is 0 Å². The Bertz CT molecular complexity index is 310. The first-order chi connectivity index (χ1) is 7.21. The highest BCUT2D eigenvalue weighted by atomic mass is 79.9. The van der Waals surface area contributed by atoms with Crippen LogP contribution >= 0.6 is 27.5 Å². The lowest BCUT2D eigenvalue weighted by Crippen LogP contribution is -2.06. The van der Waals surface area contributed by atoms with Gasteiger partial charge in [-0.15, -0.1) is 11.6 Å². The summed E-state index contributed by atoms with van der Waals surface area (Å²) < 4.78 is 6.41. The zero-order chi connectivity index (χ0) is 11.3. The van der Waals surface area contributed by atoms with E-state index in [9.17, 15) is 0 Å². The van der Waals surface area contributed by atoms with E-state index in [4.69, 9.17) is 16.3 Å². The SMILES string of the molecule is CCC(CCl)Cc1cc(Br)ccc1OC. The molecule has 0 saturated heterocycles. The molecule has 0 amide bonds. The molecule has 84 valence electrons. The van der Waals surface area contributed by atoms with Gasteiger partial charge in [0.05, 0.1) is 7.11 Å². The fourth-order valence-electron chi connectivity index (χ4n) is 1.53. The molecule has 1 atom stereocenters. The van der Waals surface area contributed by atoms with E-state index in [1.807, 2.05) is 12.1 Å². The van der Waals surface area contributed by atoms with Gasteiger partial charge in [0.1, 0.15) is 5.75 Å². The summed E-state index contributed by atoms with van der Waals surface area (Å²) in [4.78, 5) is 0. The molecule has 0 aliphatic rings. The minimum absolute atomic E-state index is 0.523. The van der Waals surface area contributed by atoms with Gasteiger partial charge in [-0.2, -0.15) is 0 Å². The van der Waals surface area contributed by atoms with E-state index in [2.05, 4.69) is 28.9 Å². The van der Waals surface area contributed by atoms with Crippen LogP contribution in [0.4, 0.5) is 0 Å². The maximum absolute atomic E-state index is 5.90. The normalized spacial score (nSPS) is 12.5. The van der Waals surface area contributed by atoms with Crippen LogP contribution in [-0.4, -0.2) is 13.0 Å². The fourth-order valence-corrected chi connectivity index (χ4v) is 2.26. The second kappa shape index (κ2) is 6.39. The quantitative estimate of drug-likeness (QED) is 0.736. The van der Waals surface area contributed by atoms with Crippen LogP contribution in [0.5, 0.6) is 5.75 Å². The Morgan fingerprint density at radius 2 is 2.20 bits per heavy atom. The zero-order valence-corrected chi connectivity index (χ0v) is 11.4. The molecule has 0 aromatic heterocycles. The van der Waals surface area contributed by atoms with E-state index in [1.54, 1.807) is 7.11 Å². The van der Waals surface area contributed by atoms with Crippen molar-refractivity contribution in [3.8, 4) is 5.75 Å². The molecule has 0 bridgehead atoms. The standard InChI is InChI=1S/C12H16BrClO/c1-3-9(8-14)6-10-7-11(13)4-5-12(10)15-2/h4-5,7,9H,3,6,8H2,1-2H3. The Labute approximate surface area is 105 Å². The van der Waals surface area contributed by atoms with Crippen LogP contribution in [0.15, 0.2) is 22.7 Å². The van der Waals surface area contributed by atoms with Gasteiger partial charge in [-0.05, 0) is 36.1 Å². The average molecular weight is 292 g/mol. The van der Waals surface area contributed by atoms with Gasteiger partial charge in [0.25, 0.3) is 0 Å².